The molecule has 0 aromatic heterocycles. The van der Waals surface area contributed by atoms with Crippen LogP contribution in [-0.2, 0) is 11.0 Å². The van der Waals surface area contributed by atoms with Crippen molar-refractivity contribution in [3.8, 4) is 0 Å². The van der Waals surface area contributed by atoms with E-state index in [2.05, 4.69) is 5.32 Å². The van der Waals surface area contributed by atoms with Crippen molar-refractivity contribution in [3.05, 3.63) is 101 Å². The van der Waals surface area contributed by atoms with Gasteiger partial charge in [0.1, 0.15) is 5.82 Å². The second-order valence-electron chi connectivity index (χ2n) is 6.59. The van der Waals surface area contributed by atoms with E-state index >= 15 is 0 Å². The maximum atomic E-state index is 14.1. The van der Waals surface area contributed by atoms with Crippen LogP contribution in [0, 0.1) is 5.82 Å². The molecular formula is C22H16F4N2O3. The summed E-state index contributed by atoms with van der Waals surface area (Å²) >= 11 is 0. The number of carbonyl (C=O) groups is 2. The van der Waals surface area contributed by atoms with Gasteiger partial charge >= 0.3 is 6.18 Å². The summed E-state index contributed by atoms with van der Waals surface area (Å²) in [5.41, 5.74) is 1.02. The lowest BCUT2D eigenvalue weighted by Crippen LogP contribution is -2.27. The minimum atomic E-state index is -4.73. The van der Waals surface area contributed by atoms with Crippen LogP contribution in [0.5, 0.6) is 0 Å². The van der Waals surface area contributed by atoms with Crippen molar-refractivity contribution in [1.82, 2.24) is 5.48 Å². The van der Waals surface area contributed by atoms with Crippen LogP contribution in [0.1, 0.15) is 33.0 Å². The Morgan fingerprint density at radius 3 is 2.16 bits per heavy atom. The van der Waals surface area contributed by atoms with Gasteiger partial charge in [-0.25, -0.2) is 9.87 Å². The van der Waals surface area contributed by atoms with E-state index in [1.54, 1.807) is 41.9 Å². The molecule has 0 radical (unpaired) electrons. The molecule has 2 amide bonds. The van der Waals surface area contributed by atoms with Gasteiger partial charge in [-0.15, -0.1) is 0 Å². The molecule has 0 bridgehead atoms. The number of nitrogens with one attached hydrogen (secondary N) is 2. The highest BCUT2D eigenvalue weighted by atomic mass is 19.4. The van der Waals surface area contributed by atoms with Crippen LogP contribution in [0.3, 0.4) is 0 Å². The molecule has 0 aliphatic carbocycles. The van der Waals surface area contributed by atoms with E-state index in [0.717, 1.165) is 6.07 Å². The van der Waals surface area contributed by atoms with Gasteiger partial charge in [0.25, 0.3) is 11.8 Å². The standard InChI is InChI=1S/C22H16F4N2O3/c23-18-12-15(22(24,25)26)9-10-17(18)20(29)27-16-8-4-7-14(11-16)19(21(30)28-31)13-5-2-1-3-6-13/h1-12,19,31H,(H,27,29)(H,28,30). The highest BCUT2D eigenvalue weighted by Gasteiger charge is 2.31. The summed E-state index contributed by atoms with van der Waals surface area (Å²) in [7, 11) is 0. The summed E-state index contributed by atoms with van der Waals surface area (Å²) in [6, 6.07) is 16.2. The zero-order valence-corrected chi connectivity index (χ0v) is 15.8. The monoisotopic (exact) mass is 432 g/mol. The summed E-state index contributed by atoms with van der Waals surface area (Å²) in [4.78, 5) is 24.6. The summed E-state index contributed by atoms with van der Waals surface area (Å²) in [6.07, 6.45) is -4.73. The van der Waals surface area contributed by atoms with Gasteiger partial charge in [-0.05, 0) is 41.5 Å². The van der Waals surface area contributed by atoms with Crippen molar-refractivity contribution in [2.24, 2.45) is 0 Å². The average molecular weight is 432 g/mol. The minimum Gasteiger partial charge on any atom is -0.322 e. The quantitative estimate of drug-likeness (QED) is 0.310. The number of halogens is 4. The zero-order valence-electron chi connectivity index (χ0n) is 15.8. The van der Waals surface area contributed by atoms with Gasteiger partial charge in [-0.1, -0.05) is 42.5 Å². The minimum absolute atomic E-state index is 0.188. The first-order valence-electron chi connectivity index (χ1n) is 8.97. The SMILES string of the molecule is O=C(Nc1cccc(C(C(=O)NO)c2ccccc2)c1)c1ccc(C(F)(F)F)cc1F. The molecule has 9 heteroatoms. The predicted molar refractivity (Wildman–Crippen MR) is 104 cm³/mol. The zero-order chi connectivity index (χ0) is 22.6. The molecule has 3 rings (SSSR count). The number of benzene rings is 3. The van der Waals surface area contributed by atoms with E-state index in [0.29, 0.717) is 17.2 Å². The number of hydroxylamine groups is 1. The highest BCUT2D eigenvalue weighted by molar-refractivity contribution is 6.04. The van der Waals surface area contributed by atoms with E-state index in [-0.39, 0.29) is 11.8 Å². The van der Waals surface area contributed by atoms with E-state index in [1.165, 1.54) is 18.2 Å². The molecule has 0 aliphatic rings. The molecule has 0 fully saturated rings. The van der Waals surface area contributed by atoms with Crippen LogP contribution in [0.15, 0.2) is 72.8 Å². The molecule has 3 aromatic rings. The largest absolute Gasteiger partial charge is 0.416 e. The number of rotatable bonds is 5. The molecule has 160 valence electrons. The Kier molecular flexibility index (Phi) is 6.36. The van der Waals surface area contributed by atoms with E-state index < -0.39 is 40.9 Å². The van der Waals surface area contributed by atoms with Crippen molar-refractivity contribution in [3.63, 3.8) is 0 Å². The first-order valence-corrected chi connectivity index (χ1v) is 8.97. The molecule has 1 unspecified atom stereocenters. The molecule has 0 heterocycles. The van der Waals surface area contributed by atoms with E-state index in [9.17, 15) is 27.2 Å². The Bertz CT molecular complexity index is 1100. The van der Waals surface area contributed by atoms with Gasteiger partial charge in [0.15, 0.2) is 0 Å². The molecule has 0 saturated carbocycles. The lowest BCUT2D eigenvalue weighted by Gasteiger charge is -2.17. The first-order chi connectivity index (χ1) is 14.7. The van der Waals surface area contributed by atoms with E-state index in [4.69, 9.17) is 5.21 Å². The van der Waals surface area contributed by atoms with E-state index in [1.807, 2.05) is 0 Å². The summed E-state index contributed by atoms with van der Waals surface area (Å²) in [6.45, 7) is 0. The van der Waals surface area contributed by atoms with Gasteiger partial charge in [0.2, 0.25) is 0 Å². The Balaban J connectivity index is 1.88. The van der Waals surface area contributed by atoms with Crippen LogP contribution in [0.2, 0.25) is 0 Å². The lowest BCUT2D eigenvalue weighted by molar-refractivity contribution is -0.137. The highest BCUT2D eigenvalue weighted by Crippen LogP contribution is 2.31. The van der Waals surface area contributed by atoms with Crippen LogP contribution < -0.4 is 10.8 Å². The topological polar surface area (TPSA) is 78.4 Å². The number of alkyl halides is 3. The van der Waals surface area contributed by atoms with Crippen molar-refractivity contribution in [2.75, 3.05) is 5.32 Å². The molecule has 5 nitrogen and oxygen atoms in total. The Morgan fingerprint density at radius 2 is 1.55 bits per heavy atom. The normalized spacial score (nSPS) is 12.2. The molecule has 3 aromatic carbocycles. The molecule has 3 N–H and O–H groups in total. The summed E-state index contributed by atoms with van der Waals surface area (Å²) < 4.78 is 52.1. The number of carbonyl (C=O) groups excluding carboxylic acids is 2. The van der Waals surface area contributed by atoms with Gasteiger partial charge in [-0.3, -0.25) is 14.8 Å². The summed E-state index contributed by atoms with van der Waals surface area (Å²) in [5.74, 6) is -3.87. The number of amides is 2. The average Bonchev–Trinajstić information content (AvgIpc) is 2.74. The van der Waals surface area contributed by atoms with Crippen molar-refractivity contribution in [1.29, 1.82) is 0 Å². The third-order valence-electron chi connectivity index (χ3n) is 4.52. The van der Waals surface area contributed by atoms with Gasteiger partial charge in [-0.2, -0.15) is 13.2 Å². The van der Waals surface area contributed by atoms with Crippen LogP contribution >= 0.6 is 0 Å². The van der Waals surface area contributed by atoms with Crippen LogP contribution in [0.4, 0.5) is 23.2 Å². The summed E-state index contributed by atoms with van der Waals surface area (Å²) in [5, 5.41) is 11.5. The number of hydrogen-bond acceptors (Lipinski definition) is 3. The van der Waals surface area contributed by atoms with Crippen LogP contribution in [-0.4, -0.2) is 17.0 Å². The van der Waals surface area contributed by atoms with Crippen molar-refractivity contribution >= 4 is 17.5 Å². The van der Waals surface area contributed by atoms with Crippen molar-refractivity contribution < 1.29 is 32.4 Å². The van der Waals surface area contributed by atoms with Crippen molar-refractivity contribution in [2.45, 2.75) is 12.1 Å². The number of anilines is 1. The molecule has 0 spiro atoms. The molecular weight excluding hydrogens is 416 g/mol. The molecule has 0 saturated heterocycles. The Labute approximate surface area is 174 Å². The van der Waals surface area contributed by atoms with Gasteiger partial charge < -0.3 is 5.32 Å². The lowest BCUT2D eigenvalue weighted by atomic mass is 9.90. The fourth-order valence-electron chi connectivity index (χ4n) is 3.08. The Morgan fingerprint density at radius 1 is 0.871 bits per heavy atom. The first kappa shape index (κ1) is 22.0. The van der Waals surface area contributed by atoms with Gasteiger partial charge in [0.05, 0.1) is 17.0 Å². The fourth-order valence-corrected chi connectivity index (χ4v) is 3.08. The molecule has 31 heavy (non-hydrogen) atoms. The maximum absolute atomic E-state index is 14.1. The molecule has 1 atom stereocenters. The fraction of sp³-hybridized carbons (Fsp3) is 0.0909. The predicted octanol–water partition coefficient (Wildman–Crippen LogP) is 4.73. The second kappa shape index (κ2) is 8.97. The molecule has 0 aliphatic heterocycles. The maximum Gasteiger partial charge on any atom is 0.416 e. The second-order valence-corrected chi connectivity index (χ2v) is 6.59. The Hall–Kier alpha value is -3.72. The number of hydrogen-bond donors (Lipinski definition) is 3. The third kappa shape index (κ3) is 5.07. The third-order valence-corrected chi connectivity index (χ3v) is 4.52. The van der Waals surface area contributed by atoms with Crippen LogP contribution in [0.25, 0.3) is 0 Å². The smallest absolute Gasteiger partial charge is 0.322 e. The van der Waals surface area contributed by atoms with Gasteiger partial charge in [0, 0.05) is 5.69 Å².